The third-order valence-corrected chi connectivity index (χ3v) is 5.80. The summed E-state index contributed by atoms with van der Waals surface area (Å²) in [6.07, 6.45) is 0.635. The second-order valence-electron chi connectivity index (χ2n) is 6.30. The van der Waals surface area contributed by atoms with E-state index in [-0.39, 0.29) is 29.3 Å². The van der Waals surface area contributed by atoms with Gasteiger partial charge in [-0.2, -0.15) is 0 Å². The molecule has 1 heterocycles. The minimum Gasteiger partial charge on any atom is -0.347 e. The quantitative estimate of drug-likeness (QED) is 0.773. The van der Waals surface area contributed by atoms with Crippen molar-refractivity contribution >= 4 is 21.8 Å². The SMILES string of the molecule is O=C(NC1CCN(C(=O)CNS(=O)(=O)c2ccccc2)C1)c1ccccc1. The Morgan fingerprint density at radius 3 is 2.30 bits per heavy atom. The predicted molar refractivity (Wildman–Crippen MR) is 101 cm³/mol. The van der Waals surface area contributed by atoms with Crippen LogP contribution < -0.4 is 10.0 Å². The average molecular weight is 387 g/mol. The second-order valence-corrected chi connectivity index (χ2v) is 8.07. The molecule has 0 aliphatic carbocycles. The number of carbonyl (C=O) groups excluding carboxylic acids is 2. The van der Waals surface area contributed by atoms with Gasteiger partial charge in [0.15, 0.2) is 0 Å². The molecule has 27 heavy (non-hydrogen) atoms. The molecule has 3 rings (SSSR count). The van der Waals surface area contributed by atoms with Gasteiger partial charge >= 0.3 is 0 Å². The van der Waals surface area contributed by atoms with Gasteiger partial charge in [-0.05, 0) is 30.7 Å². The maximum absolute atomic E-state index is 12.3. The molecule has 2 aromatic carbocycles. The topological polar surface area (TPSA) is 95.6 Å². The summed E-state index contributed by atoms with van der Waals surface area (Å²) in [5.41, 5.74) is 0.567. The normalized spacial score (nSPS) is 16.9. The zero-order valence-electron chi connectivity index (χ0n) is 14.7. The fourth-order valence-electron chi connectivity index (χ4n) is 2.91. The lowest BCUT2D eigenvalue weighted by Gasteiger charge is -2.17. The fraction of sp³-hybridized carbons (Fsp3) is 0.263. The van der Waals surface area contributed by atoms with Crippen molar-refractivity contribution in [3.63, 3.8) is 0 Å². The molecule has 1 saturated heterocycles. The van der Waals surface area contributed by atoms with Gasteiger partial charge in [0.05, 0.1) is 11.4 Å². The van der Waals surface area contributed by atoms with Crippen molar-refractivity contribution in [3.05, 3.63) is 66.2 Å². The lowest BCUT2D eigenvalue weighted by Crippen LogP contribution is -2.42. The number of hydrogen-bond donors (Lipinski definition) is 2. The minimum atomic E-state index is -3.72. The van der Waals surface area contributed by atoms with Gasteiger partial charge in [0.25, 0.3) is 5.91 Å². The van der Waals surface area contributed by atoms with E-state index in [0.29, 0.717) is 25.1 Å². The lowest BCUT2D eigenvalue weighted by molar-refractivity contribution is -0.128. The molecule has 2 aromatic rings. The van der Waals surface area contributed by atoms with E-state index in [1.54, 1.807) is 47.4 Å². The van der Waals surface area contributed by atoms with Gasteiger partial charge in [0, 0.05) is 24.7 Å². The number of likely N-dealkylation sites (tertiary alicyclic amines) is 1. The summed E-state index contributed by atoms with van der Waals surface area (Å²) in [4.78, 5) is 26.2. The molecule has 0 aromatic heterocycles. The molecule has 0 spiro atoms. The van der Waals surface area contributed by atoms with Crippen molar-refractivity contribution in [1.29, 1.82) is 0 Å². The third-order valence-electron chi connectivity index (χ3n) is 4.38. The molecule has 142 valence electrons. The Morgan fingerprint density at radius 2 is 1.63 bits per heavy atom. The van der Waals surface area contributed by atoms with Crippen LogP contribution in [-0.4, -0.2) is 50.8 Å². The number of carbonyl (C=O) groups is 2. The Bertz CT molecular complexity index is 901. The van der Waals surface area contributed by atoms with Crippen LogP contribution in [0.5, 0.6) is 0 Å². The highest BCUT2D eigenvalue weighted by Gasteiger charge is 2.28. The number of benzene rings is 2. The summed E-state index contributed by atoms with van der Waals surface area (Å²) >= 11 is 0. The van der Waals surface area contributed by atoms with Crippen LogP contribution in [0.1, 0.15) is 16.8 Å². The summed E-state index contributed by atoms with van der Waals surface area (Å²) in [5.74, 6) is -0.495. The van der Waals surface area contributed by atoms with Crippen molar-refractivity contribution in [1.82, 2.24) is 14.9 Å². The molecule has 1 aliphatic heterocycles. The molecule has 1 unspecified atom stereocenters. The molecular weight excluding hydrogens is 366 g/mol. The van der Waals surface area contributed by atoms with Gasteiger partial charge in [-0.15, -0.1) is 0 Å². The highest BCUT2D eigenvalue weighted by Crippen LogP contribution is 2.11. The average Bonchev–Trinajstić information content (AvgIpc) is 3.16. The van der Waals surface area contributed by atoms with Gasteiger partial charge in [-0.3, -0.25) is 9.59 Å². The standard InChI is InChI=1S/C19H21N3O4S/c23-18(13-20-27(25,26)17-9-5-2-6-10-17)22-12-11-16(14-22)21-19(24)15-7-3-1-4-8-15/h1-10,16,20H,11-14H2,(H,21,24). The molecule has 1 aliphatic rings. The molecule has 0 radical (unpaired) electrons. The van der Waals surface area contributed by atoms with Gasteiger partial charge in [-0.1, -0.05) is 36.4 Å². The van der Waals surface area contributed by atoms with Crippen molar-refractivity contribution in [2.45, 2.75) is 17.4 Å². The Kier molecular flexibility index (Phi) is 5.88. The van der Waals surface area contributed by atoms with Crippen molar-refractivity contribution in [3.8, 4) is 0 Å². The van der Waals surface area contributed by atoms with Crippen LogP contribution in [-0.2, 0) is 14.8 Å². The zero-order chi connectivity index (χ0) is 19.3. The monoisotopic (exact) mass is 387 g/mol. The summed E-state index contributed by atoms with van der Waals surface area (Å²) in [6.45, 7) is 0.534. The first kappa shape index (κ1) is 19.1. The van der Waals surface area contributed by atoms with Gasteiger partial charge in [-0.25, -0.2) is 13.1 Å². The first-order chi connectivity index (χ1) is 13.0. The first-order valence-corrected chi connectivity index (χ1v) is 10.1. The number of nitrogens with zero attached hydrogens (tertiary/aromatic N) is 1. The fourth-order valence-corrected chi connectivity index (χ4v) is 3.91. The third kappa shape index (κ3) is 4.93. The van der Waals surface area contributed by atoms with E-state index in [9.17, 15) is 18.0 Å². The highest BCUT2D eigenvalue weighted by atomic mass is 32.2. The van der Waals surface area contributed by atoms with Crippen LogP contribution in [0, 0.1) is 0 Å². The van der Waals surface area contributed by atoms with E-state index in [4.69, 9.17) is 0 Å². The second kappa shape index (κ2) is 8.32. The highest BCUT2D eigenvalue weighted by molar-refractivity contribution is 7.89. The van der Waals surface area contributed by atoms with Crippen molar-refractivity contribution < 1.29 is 18.0 Å². The molecule has 7 nitrogen and oxygen atoms in total. The minimum absolute atomic E-state index is 0.118. The van der Waals surface area contributed by atoms with Crippen LogP contribution in [0.15, 0.2) is 65.6 Å². The Balaban J connectivity index is 1.50. The zero-order valence-corrected chi connectivity index (χ0v) is 15.5. The number of nitrogens with one attached hydrogen (secondary N) is 2. The Hall–Kier alpha value is -2.71. The van der Waals surface area contributed by atoms with E-state index in [0.717, 1.165) is 0 Å². The lowest BCUT2D eigenvalue weighted by atomic mass is 10.2. The number of amides is 2. The van der Waals surface area contributed by atoms with E-state index in [1.165, 1.54) is 12.1 Å². The van der Waals surface area contributed by atoms with Crippen LogP contribution in [0.4, 0.5) is 0 Å². The molecule has 8 heteroatoms. The molecule has 1 atom stereocenters. The summed E-state index contributed by atoms with van der Waals surface area (Å²) in [6, 6.07) is 16.6. The smallest absolute Gasteiger partial charge is 0.251 e. The van der Waals surface area contributed by atoms with Crippen LogP contribution in [0.3, 0.4) is 0 Å². The molecule has 2 N–H and O–H groups in total. The number of hydrogen-bond acceptors (Lipinski definition) is 4. The molecule has 0 bridgehead atoms. The Labute approximate surface area is 158 Å². The van der Waals surface area contributed by atoms with Crippen molar-refractivity contribution in [2.75, 3.05) is 19.6 Å². The maximum atomic E-state index is 12.3. The van der Waals surface area contributed by atoms with Crippen LogP contribution in [0.25, 0.3) is 0 Å². The number of rotatable bonds is 6. The van der Waals surface area contributed by atoms with Crippen LogP contribution >= 0.6 is 0 Å². The molecule has 2 amide bonds. The Morgan fingerprint density at radius 1 is 1.00 bits per heavy atom. The summed E-state index contributed by atoms with van der Waals surface area (Å²) in [7, 11) is -3.72. The maximum Gasteiger partial charge on any atom is 0.251 e. The van der Waals surface area contributed by atoms with Crippen LogP contribution in [0.2, 0.25) is 0 Å². The summed E-state index contributed by atoms with van der Waals surface area (Å²) in [5, 5.41) is 2.91. The van der Waals surface area contributed by atoms with Gasteiger partial charge < -0.3 is 10.2 Å². The van der Waals surface area contributed by atoms with E-state index < -0.39 is 10.0 Å². The molecule has 0 saturated carbocycles. The predicted octanol–water partition coefficient (Wildman–Crippen LogP) is 0.996. The number of sulfonamides is 1. The molecule has 1 fully saturated rings. The van der Waals surface area contributed by atoms with Gasteiger partial charge in [0.1, 0.15) is 0 Å². The van der Waals surface area contributed by atoms with Crippen molar-refractivity contribution in [2.24, 2.45) is 0 Å². The largest absolute Gasteiger partial charge is 0.347 e. The summed E-state index contributed by atoms with van der Waals surface area (Å²) < 4.78 is 26.7. The van der Waals surface area contributed by atoms with E-state index >= 15 is 0 Å². The first-order valence-electron chi connectivity index (χ1n) is 8.64. The van der Waals surface area contributed by atoms with Gasteiger partial charge in [0.2, 0.25) is 15.9 Å². The molecular formula is C19H21N3O4S. The van der Waals surface area contributed by atoms with E-state index in [1.807, 2.05) is 6.07 Å². The van der Waals surface area contributed by atoms with E-state index in [2.05, 4.69) is 10.0 Å².